The van der Waals surface area contributed by atoms with Crippen LogP contribution >= 0.6 is 0 Å². The molecular weight excluding hydrogens is 122 g/mol. The van der Waals surface area contributed by atoms with Crippen LogP contribution in [0.15, 0.2) is 12.3 Å². The van der Waals surface area contributed by atoms with Gasteiger partial charge in [-0.25, -0.2) is 0 Å². The topological polar surface area (TPSA) is 3.24 Å². The molecule has 0 radical (unpaired) electrons. The van der Waals surface area contributed by atoms with Crippen LogP contribution in [-0.4, -0.2) is 18.0 Å². The number of nitrogens with zero attached hydrogens (tertiary/aromatic N) is 1. The van der Waals surface area contributed by atoms with Crippen molar-refractivity contribution < 1.29 is 0 Å². The summed E-state index contributed by atoms with van der Waals surface area (Å²) in [6, 6.07) is 0.576. The highest BCUT2D eigenvalue weighted by Crippen LogP contribution is 2.00. The van der Waals surface area contributed by atoms with Crippen LogP contribution in [-0.2, 0) is 0 Å². The SMILES string of the molecule is C=C(C)N(C)C(C)C.CC. The molecule has 0 fully saturated rings. The van der Waals surface area contributed by atoms with Crippen molar-refractivity contribution in [2.75, 3.05) is 7.05 Å². The summed E-state index contributed by atoms with van der Waals surface area (Å²) in [5.41, 5.74) is 1.12. The summed E-state index contributed by atoms with van der Waals surface area (Å²) in [7, 11) is 2.05. The minimum atomic E-state index is 0.576. The Balaban J connectivity index is 0. The second-order valence-corrected chi connectivity index (χ2v) is 2.44. The van der Waals surface area contributed by atoms with Gasteiger partial charge >= 0.3 is 0 Å². The molecule has 0 aromatic carbocycles. The maximum atomic E-state index is 3.80. The Morgan fingerprint density at radius 1 is 1.30 bits per heavy atom. The van der Waals surface area contributed by atoms with Gasteiger partial charge in [0.05, 0.1) is 0 Å². The van der Waals surface area contributed by atoms with Crippen molar-refractivity contribution in [2.45, 2.75) is 40.7 Å². The molecule has 10 heavy (non-hydrogen) atoms. The largest absolute Gasteiger partial charge is 0.376 e. The van der Waals surface area contributed by atoms with Gasteiger partial charge in [-0.15, -0.1) is 0 Å². The molecule has 0 aliphatic heterocycles. The van der Waals surface area contributed by atoms with Crippen LogP contribution in [0.3, 0.4) is 0 Å². The number of rotatable bonds is 2. The van der Waals surface area contributed by atoms with Gasteiger partial charge in [-0.1, -0.05) is 20.4 Å². The van der Waals surface area contributed by atoms with Gasteiger partial charge in [0.25, 0.3) is 0 Å². The molecule has 0 aliphatic carbocycles. The Bertz CT molecular complexity index is 84.7. The third-order valence-electron chi connectivity index (χ3n) is 1.38. The van der Waals surface area contributed by atoms with Gasteiger partial charge in [0.15, 0.2) is 0 Å². The molecule has 0 unspecified atom stereocenters. The lowest BCUT2D eigenvalue weighted by Crippen LogP contribution is -2.23. The molecule has 0 aliphatic rings. The molecule has 0 spiro atoms. The second-order valence-electron chi connectivity index (χ2n) is 2.44. The maximum absolute atomic E-state index is 3.80. The van der Waals surface area contributed by atoms with Crippen molar-refractivity contribution >= 4 is 0 Å². The molecule has 0 atom stereocenters. The number of allylic oxidation sites excluding steroid dienone is 1. The predicted molar refractivity (Wildman–Crippen MR) is 49.1 cm³/mol. The van der Waals surface area contributed by atoms with Gasteiger partial charge in [0, 0.05) is 18.8 Å². The molecule has 0 amide bonds. The van der Waals surface area contributed by atoms with Gasteiger partial charge in [0.2, 0.25) is 0 Å². The average Bonchev–Trinajstić information content (AvgIpc) is 1.90. The molecule has 1 nitrogen and oxygen atoms in total. The zero-order chi connectivity index (χ0) is 8.73. The molecular formula is C9H21N. The summed E-state index contributed by atoms with van der Waals surface area (Å²) in [6.07, 6.45) is 0. The first kappa shape index (κ1) is 12.2. The summed E-state index contributed by atoms with van der Waals surface area (Å²) >= 11 is 0. The third-order valence-corrected chi connectivity index (χ3v) is 1.38. The summed E-state index contributed by atoms with van der Waals surface area (Å²) < 4.78 is 0. The number of hydrogen-bond acceptors (Lipinski definition) is 1. The van der Waals surface area contributed by atoms with Crippen LogP contribution < -0.4 is 0 Å². The van der Waals surface area contributed by atoms with Gasteiger partial charge < -0.3 is 4.90 Å². The first-order chi connectivity index (χ1) is 4.55. The Labute approximate surface area is 65.7 Å². The highest BCUT2D eigenvalue weighted by Gasteiger charge is 1.98. The zero-order valence-electron chi connectivity index (χ0n) is 8.23. The van der Waals surface area contributed by atoms with Gasteiger partial charge in [-0.3, -0.25) is 0 Å². The summed E-state index contributed by atoms with van der Waals surface area (Å²) in [5, 5.41) is 0. The average molecular weight is 143 g/mol. The molecule has 0 bridgehead atoms. The molecule has 0 saturated heterocycles. The van der Waals surface area contributed by atoms with Crippen LogP contribution in [0.1, 0.15) is 34.6 Å². The summed E-state index contributed by atoms with van der Waals surface area (Å²) in [5.74, 6) is 0. The summed E-state index contributed by atoms with van der Waals surface area (Å²) in [6.45, 7) is 14.1. The summed E-state index contributed by atoms with van der Waals surface area (Å²) in [4.78, 5) is 2.14. The van der Waals surface area contributed by atoms with E-state index >= 15 is 0 Å². The second kappa shape index (κ2) is 6.66. The van der Waals surface area contributed by atoms with Crippen LogP contribution in [0.4, 0.5) is 0 Å². The smallest absolute Gasteiger partial charge is 0.0226 e. The van der Waals surface area contributed by atoms with E-state index < -0.39 is 0 Å². The highest BCUT2D eigenvalue weighted by atomic mass is 15.1. The van der Waals surface area contributed by atoms with Gasteiger partial charge in [-0.2, -0.15) is 0 Å². The Hall–Kier alpha value is -0.460. The van der Waals surface area contributed by atoms with E-state index in [-0.39, 0.29) is 0 Å². The van der Waals surface area contributed by atoms with Crippen molar-refractivity contribution in [1.29, 1.82) is 0 Å². The minimum absolute atomic E-state index is 0.576. The lowest BCUT2D eigenvalue weighted by molar-refractivity contribution is 0.346. The van der Waals surface area contributed by atoms with Crippen LogP contribution in [0.5, 0.6) is 0 Å². The third kappa shape index (κ3) is 5.67. The van der Waals surface area contributed by atoms with Crippen LogP contribution in [0.25, 0.3) is 0 Å². The quantitative estimate of drug-likeness (QED) is 0.574. The van der Waals surface area contributed by atoms with Crippen molar-refractivity contribution in [3.63, 3.8) is 0 Å². The maximum Gasteiger partial charge on any atom is 0.0226 e. The van der Waals surface area contributed by atoms with E-state index in [1.165, 1.54) is 0 Å². The fourth-order valence-electron chi connectivity index (χ4n) is 0.441. The van der Waals surface area contributed by atoms with Crippen molar-refractivity contribution in [2.24, 2.45) is 0 Å². The lowest BCUT2D eigenvalue weighted by atomic mass is 10.3. The van der Waals surface area contributed by atoms with E-state index in [2.05, 4.69) is 25.3 Å². The molecule has 62 valence electrons. The van der Waals surface area contributed by atoms with Crippen molar-refractivity contribution in [3.8, 4) is 0 Å². The minimum Gasteiger partial charge on any atom is -0.376 e. The highest BCUT2D eigenvalue weighted by molar-refractivity contribution is 4.87. The van der Waals surface area contributed by atoms with Crippen LogP contribution in [0.2, 0.25) is 0 Å². The first-order valence-electron chi connectivity index (χ1n) is 3.94. The Morgan fingerprint density at radius 3 is 1.60 bits per heavy atom. The predicted octanol–water partition coefficient (Wildman–Crippen LogP) is 2.89. The lowest BCUT2D eigenvalue weighted by Gasteiger charge is -2.22. The molecule has 0 aromatic rings. The first-order valence-corrected chi connectivity index (χ1v) is 3.94. The fraction of sp³-hybridized carbons (Fsp3) is 0.778. The molecule has 0 aromatic heterocycles. The van der Waals surface area contributed by atoms with E-state index in [1.54, 1.807) is 0 Å². The molecule has 0 N–H and O–H groups in total. The van der Waals surface area contributed by atoms with E-state index in [1.807, 2.05) is 27.8 Å². The molecule has 1 heteroatoms. The van der Waals surface area contributed by atoms with E-state index in [9.17, 15) is 0 Å². The molecule has 0 rings (SSSR count). The van der Waals surface area contributed by atoms with Crippen molar-refractivity contribution in [3.05, 3.63) is 12.3 Å². The molecule has 0 saturated carbocycles. The normalized spacial score (nSPS) is 8.30. The van der Waals surface area contributed by atoms with Gasteiger partial charge in [0.1, 0.15) is 0 Å². The zero-order valence-corrected chi connectivity index (χ0v) is 8.23. The van der Waals surface area contributed by atoms with E-state index in [0.717, 1.165) is 5.70 Å². The van der Waals surface area contributed by atoms with E-state index in [4.69, 9.17) is 0 Å². The van der Waals surface area contributed by atoms with Crippen LogP contribution in [0, 0.1) is 0 Å². The van der Waals surface area contributed by atoms with E-state index in [0.29, 0.717) is 6.04 Å². The van der Waals surface area contributed by atoms with Crippen molar-refractivity contribution in [1.82, 2.24) is 4.90 Å². The monoisotopic (exact) mass is 143 g/mol. The standard InChI is InChI=1S/C7H15N.C2H6/c1-6(2)8(5)7(3)4;1-2/h7H,1H2,2-5H3;1-2H3. The molecule has 0 heterocycles. The number of hydrogen-bond donors (Lipinski definition) is 0. The van der Waals surface area contributed by atoms with Gasteiger partial charge in [-0.05, 0) is 20.8 Å². The Morgan fingerprint density at radius 2 is 1.60 bits per heavy atom. The Kier molecular flexibility index (Phi) is 8.15. The fourth-order valence-corrected chi connectivity index (χ4v) is 0.441.